The van der Waals surface area contributed by atoms with Crippen LogP contribution in [0.4, 0.5) is 0 Å². The summed E-state index contributed by atoms with van der Waals surface area (Å²) in [5.74, 6) is 0.837. The monoisotopic (exact) mass is 308 g/mol. The highest BCUT2D eigenvalue weighted by Crippen LogP contribution is 2.28. The smallest absolute Gasteiger partial charge is 0.175 e. The van der Waals surface area contributed by atoms with Crippen molar-refractivity contribution in [2.75, 3.05) is 7.11 Å². The predicted octanol–water partition coefficient (Wildman–Crippen LogP) is 3.47. The lowest BCUT2D eigenvalue weighted by Gasteiger charge is -2.08. The van der Waals surface area contributed by atoms with Gasteiger partial charge >= 0.3 is 0 Å². The SMILES string of the molecule is CCc1nnc(SC(C)C(=O)c2ccc(OC)cc2)s1. The summed E-state index contributed by atoms with van der Waals surface area (Å²) < 4.78 is 5.93. The zero-order valence-electron chi connectivity index (χ0n) is 11.6. The van der Waals surface area contributed by atoms with Crippen molar-refractivity contribution in [1.29, 1.82) is 0 Å². The van der Waals surface area contributed by atoms with Gasteiger partial charge in [0.25, 0.3) is 0 Å². The van der Waals surface area contributed by atoms with Crippen LogP contribution < -0.4 is 4.74 Å². The number of aromatic nitrogens is 2. The number of carbonyl (C=O) groups excluding carboxylic acids is 1. The number of methoxy groups -OCH3 is 1. The first-order valence-corrected chi connectivity index (χ1v) is 8.01. The van der Waals surface area contributed by atoms with Gasteiger partial charge in [-0.15, -0.1) is 10.2 Å². The third kappa shape index (κ3) is 3.58. The number of aryl methyl sites for hydroxylation is 1. The Morgan fingerprint density at radius 2 is 2.05 bits per heavy atom. The Hall–Kier alpha value is -1.40. The van der Waals surface area contributed by atoms with Crippen LogP contribution in [0.3, 0.4) is 0 Å². The first-order valence-electron chi connectivity index (χ1n) is 6.31. The summed E-state index contributed by atoms with van der Waals surface area (Å²) in [5, 5.41) is 8.97. The van der Waals surface area contributed by atoms with Crippen LogP contribution in [0, 0.1) is 0 Å². The van der Waals surface area contributed by atoms with Crippen LogP contribution in [0.5, 0.6) is 5.75 Å². The first kappa shape index (κ1) is 15.0. The van der Waals surface area contributed by atoms with Gasteiger partial charge in [0, 0.05) is 5.56 Å². The minimum Gasteiger partial charge on any atom is -0.497 e. The lowest BCUT2D eigenvalue weighted by molar-refractivity contribution is 0.0994. The Balaban J connectivity index is 2.03. The summed E-state index contributed by atoms with van der Waals surface area (Å²) in [7, 11) is 1.61. The number of thioether (sulfide) groups is 1. The van der Waals surface area contributed by atoms with E-state index < -0.39 is 0 Å². The van der Waals surface area contributed by atoms with E-state index >= 15 is 0 Å². The number of nitrogens with zero attached hydrogens (tertiary/aromatic N) is 2. The van der Waals surface area contributed by atoms with Gasteiger partial charge in [-0.3, -0.25) is 4.79 Å². The maximum absolute atomic E-state index is 12.3. The molecule has 4 nitrogen and oxygen atoms in total. The molecule has 1 heterocycles. The van der Waals surface area contributed by atoms with Crippen molar-refractivity contribution in [3.63, 3.8) is 0 Å². The molecule has 0 radical (unpaired) electrons. The van der Waals surface area contributed by atoms with Crippen LogP contribution in [0.15, 0.2) is 28.6 Å². The summed E-state index contributed by atoms with van der Waals surface area (Å²) >= 11 is 3.01. The summed E-state index contributed by atoms with van der Waals surface area (Å²) in [6.45, 7) is 3.94. The van der Waals surface area contributed by atoms with E-state index in [9.17, 15) is 4.79 Å². The van der Waals surface area contributed by atoms with Gasteiger partial charge in [0.2, 0.25) is 0 Å². The number of hydrogen-bond acceptors (Lipinski definition) is 6. The summed E-state index contributed by atoms with van der Waals surface area (Å²) in [4.78, 5) is 12.3. The van der Waals surface area contributed by atoms with Gasteiger partial charge in [0.1, 0.15) is 10.8 Å². The van der Waals surface area contributed by atoms with Gasteiger partial charge in [0.15, 0.2) is 10.1 Å². The molecule has 0 spiro atoms. The first-order chi connectivity index (χ1) is 9.63. The topological polar surface area (TPSA) is 52.1 Å². The molecule has 0 aliphatic heterocycles. The number of Topliss-reactive ketones (excluding diaryl/α,β-unsaturated/α-hetero) is 1. The molecule has 106 valence electrons. The zero-order valence-corrected chi connectivity index (χ0v) is 13.3. The molecule has 6 heteroatoms. The van der Waals surface area contributed by atoms with E-state index in [-0.39, 0.29) is 11.0 Å². The average molecular weight is 308 g/mol. The number of ether oxygens (including phenoxy) is 1. The van der Waals surface area contributed by atoms with Gasteiger partial charge in [-0.1, -0.05) is 30.0 Å². The molecule has 0 aliphatic carbocycles. The van der Waals surface area contributed by atoms with Gasteiger partial charge in [0.05, 0.1) is 12.4 Å². The molecule has 2 rings (SSSR count). The van der Waals surface area contributed by atoms with Gasteiger partial charge in [-0.25, -0.2) is 0 Å². The normalized spacial score (nSPS) is 12.2. The maximum atomic E-state index is 12.3. The Bertz CT molecular complexity index is 581. The van der Waals surface area contributed by atoms with E-state index in [4.69, 9.17) is 4.74 Å². The third-order valence-corrected chi connectivity index (χ3v) is 5.02. The highest BCUT2D eigenvalue weighted by atomic mass is 32.2. The molecule has 0 saturated heterocycles. The Morgan fingerprint density at radius 1 is 1.35 bits per heavy atom. The summed E-state index contributed by atoms with van der Waals surface area (Å²) in [6.07, 6.45) is 0.874. The van der Waals surface area contributed by atoms with E-state index in [1.165, 1.54) is 11.8 Å². The van der Waals surface area contributed by atoms with Crippen LogP contribution in [-0.4, -0.2) is 28.3 Å². The van der Waals surface area contributed by atoms with Crippen molar-refractivity contribution < 1.29 is 9.53 Å². The fourth-order valence-electron chi connectivity index (χ4n) is 1.62. The van der Waals surface area contributed by atoms with E-state index in [0.29, 0.717) is 5.56 Å². The van der Waals surface area contributed by atoms with E-state index in [1.807, 2.05) is 13.8 Å². The minimum atomic E-state index is -0.180. The molecule has 1 atom stereocenters. The quantitative estimate of drug-likeness (QED) is 0.604. The zero-order chi connectivity index (χ0) is 14.5. The van der Waals surface area contributed by atoms with Crippen LogP contribution in [0.2, 0.25) is 0 Å². The highest BCUT2D eigenvalue weighted by molar-refractivity contribution is 8.02. The summed E-state index contributed by atoms with van der Waals surface area (Å²) in [6, 6.07) is 7.17. The van der Waals surface area contributed by atoms with Crippen LogP contribution in [0.25, 0.3) is 0 Å². The molecule has 2 aromatic rings. The Kier molecular flexibility index (Phi) is 5.14. The van der Waals surface area contributed by atoms with Crippen molar-refractivity contribution >= 4 is 28.9 Å². The Labute approximate surface area is 126 Å². The van der Waals surface area contributed by atoms with E-state index in [2.05, 4.69) is 10.2 Å². The number of ketones is 1. The van der Waals surface area contributed by atoms with E-state index in [0.717, 1.165) is 21.5 Å². The number of benzene rings is 1. The fraction of sp³-hybridized carbons (Fsp3) is 0.357. The number of carbonyl (C=O) groups is 1. The van der Waals surface area contributed by atoms with Crippen molar-refractivity contribution in [1.82, 2.24) is 10.2 Å². The molecule has 0 bridgehead atoms. The van der Waals surface area contributed by atoms with E-state index in [1.54, 1.807) is 42.7 Å². The van der Waals surface area contributed by atoms with Crippen LogP contribution in [-0.2, 0) is 6.42 Å². The molecule has 1 unspecified atom stereocenters. The molecule has 0 amide bonds. The predicted molar refractivity (Wildman–Crippen MR) is 81.9 cm³/mol. The Morgan fingerprint density at radius 3 is 2.60 bits per heavy atom. The lowest BCUT2D eigenvalue weighted by atomic mass is 10.1. The van der Waals surface area contributed by atoms with Gasteiger partial charge in [-0.2, -0.15) is 0 Å². The van der Waals surface area contributed by atoms with Crippen LogP contribution in [0.1, 0.15) is 29.2 Å². The molecule has 1 aromatic heterocycles. The molecular weight excluding hydrogens is 292 g/mol. The molecule has 0 saturated carbocycles. The molecule has 1 aromatic carbocycles. The molecular formula is C14H16N2O2S2. The second-order valence-electron chi connectivity index (χ2n) is 4.17. The number of rotatable bonds is 6. The lowest BCUT2D eigenvalue weighted by Crippen LogP contribution is -2.13. The van der Waals surface area contributed by atoms with Crippen molar-refractivity contribution in [2.24, 2.45) is 0 Å². The molecule has 0 aliphatic rings. The minimum absolute atomic E-state index is 0.0888. The largest absolute Gasteiger partial charge is 0.497 e. The highest BCUT2D eigenvalue weighted by Gasteiger charge is 2.18. The maximum Gasteiger partial charge on any atom is 0.175 e. The average Bonchev–Trinajstić information content (AvgIpc) is 2.94. The van der Waals surface area contributed by atoms with Crippen molar-refractivity contribution in [3.05, 3.63) is 34.8 Å². The summed E-state index contributed by atoms with van der Waals surface area (Å²) in [5.41, 5.74) is 0.686. The van der Waals surface area contributed by atoms with Gasteiger partial charge in [-0.05, 0) is 37.6 Å². The number of hydrogen-bond donors (Lipinski definition) is 0. The second-order valence-corrected chi connectivity index (χ2v) is 6.82. The third-order valence-electron chi connectivity index (χ3n) is 2.77. The van der Waals surface area contributed by atoms with Crippen LogP contribution >= 0.6 is 23.1 Å². The van der Waals surface area contributed by atoms with Crippen molar-refractivity contribution in [2.45, 2.75) is 29.9 Å². The molecule has 0 N–H and O–H groups in total. The second kappa shape index (κ2) is 6.85. The molecule has 0 fully saturated rings. The molecule has 20 heavy (non-hydrogen) atoms. The fourth-order valence-corrected chi connectivity index (χ4v) is 3.68. The standard InChI is InChI=1S/C14H16N2O2S2/c1-4-12-15-16-14(20-12)19-9(2)13(17)10-5-7-11(18-3)8-6-10/h5-9H,4H2,1-3H3. The van der Waals surface area contributed by atoms with Gasteiger partial charge < -0.3 is 4.74 Å². The van der Waals surface area contributed by atoms with Crippen molar-refractivity contribution in [3.8, 4) is 5.75 Å².